The van der Waals surface area contributed by atoms with Crippen molar-refractivity contribution in [3.63, 3.8) is 0 Å². The molecule has 0 unspecified atom stereocenters. The highest BCUT2D eigenvalue weighted by Gasteiger charge is 2.14. The first-order valence-corrected chi connectivity index (χ1v) is 4.06. The summed E-state index contributed by atoms with van der Waals surface area (Å²) in [6, 6.07) is 4.62. The molecule has 0 aromatic heterocycles. The van der Waals surface area contributed by atoms with Gasteiger partial charge in [0.1, 0.15) is 0 Å². The molecule has 14 heavy (non-hydrogen) atoms. The Morgan fingerprint density at radius 1 is 1.43 bits per heavy atom. The minimum atomic E-state index is -1.03. The van der Waals surface area contributed by atoms with E-state index in [-0.39, 0.29) is 5.56 Å². The number of rotatable bonds is 3. The number of anilines is 1. The highest BCUT2D eigenvalue weighted by atomic mass is 16.4. The summed E-state index contributed by atoms with van der Waals surface area (Å²) in [4.78, 5) is 23.2. The van der Waals surface area contributed by atoms with Crippen molar-refractivity contribution in [3.8, 4) is 0 Å². The number of para-hydroxylation sites is 1. The Kier molecular flexibility index (Phi) is 2.86. The van der Waals surface area contributed by atoms with Crippen LogP contribution >= 0.6 is 0 Å². The Hall–Kier alpha value is -1.84. The zero-order chi connectivity index (χ0) is 10.7. The van der Waals surface area contributed by atoms with Gasteiger partial charge in [-0.3, -0.25) is 4.79 Å². The number of carboxylic acid groups (broad SMARTS) is 1. The number of carboxylic acids is 1. The second kappa shape index (κ2) is 3.91. The normalized spacial score (nSPS) is 9.57. The molecule has 0 aliphatic rings. The molecule has 0 saturated heterocycles. The Balaban J connectivity index is 3.43. The molecule has 0 heterocycles. The standard InChI is InChI=1S/C10H11NO3/c1-11(2)9-7(6-12)4-3-5-8(9)10(13)14/h3-6H,1-2H3,(H,13,14). The van der Waals surface area contributed by atoms with Gasteiger partial charge in [-0.25, -0.2) is 4.79 Å². The lowest BCUT2D eigenvalue weighted by atomic mass is 10.1. The third-order valence-corrected chi connectivity index (χ3v) is 1.87. The van der Waals surface area contributed by atoms with Crippen LogP contribution < -0.4 is 4.90 Å². The lowest BCUT2D eigenvalue weighted by molar-refractivity contribution is 0.0697. The predicted molar refractivity (Wildman–Crippen MR) is 53.1 cm³/mol. The quantitative estimate of drug-likeness (QED) is 0.734. The van der Waals surface area contributed by atoms with Gasteiger partial charge in [0.15, 0.2) is 6.29 Å². The first-order valence-electron chi connectivity index (χ1n) is 4.06. The first-order chi connectivity index (χ1) is 6.57. The molecule has 0 aliphatic heterocycles. The number of aromatic carboxylic acids is 1. The van der Waals surface area contributed by atoms with Gasteiger partial charge in [0.2, 0.25) is 0 Å². The van der Waals surface area contributed by atoms with Crippen LogP contribution in [0, 0.1) is 0 Å². The van der Waals surface area contributed by atoms with Gasteiger partial charge in [-0.15, -0.1) is 0 Å². The molecule has 0 spiro atoms. The van der Waals surface area contributed by atoms with Crippen molar-refractivity contribution < 1.29 is 14.7 Å². The van der Waals surface area contributed by atoms with Gasteiger partial charge in [0.25, 0.3) is 0 Å². The summed E-state index contributed by atoms with van der Waals surface area (Å²) >= 11 is 0. The van der Waals surface area contributed by atoms with Crippen molar-refractivity contribution in [2.75, 3.05) is 19.0 Å². The van der Waals surface area contributed by atoms with Crippen molar-refractivity contribution in [2.45, 2.75) is 0 Å². The van der Waals surface area contributed by atoms with Crippen LogP contribution in [0.5, 0.6) is 0 Å². The molecule has 0 aliphatic carbocycles. The van der Waals surface area contributed by atoms with Crippen LogP contribution in [0.2, 0.25) is 0 Å². The Morgan fingerprint density at radius 2 is 2.07 bits per heavy atom. The SMILES string of the molecule is CN(C)c1c(C=O)cccc1C(=O)O. The van der Waals surface area contributed by atoms with E-state index in [4.69, 9.17) is 5.11 Å². The summed E-state index contributed by atoms with van der Waals surface area (Å²) in [5, 5.41) is 8.89. The summed E-state index contributed by atoms with van der Waals surface area (Å²) in [5.41, 5.74) is 0.963. The third kappa shape index (κ3) is 1.74. The van der Waals surface area contributed by atoms with Gasteiger partial charge < -0.3 is 10.0 Å². The smallest absolute Gasteiger partial charge is 0.337 e. The van der Waals surface area contributed by atoms with E-state index in [0.717, 1.165) is 0 Å². The summed E-state index contributed by atoms with van der Waals surface area (Å²) in [7, 11) is 3.41. The molecule has 1 rings (SSSR count). The molecular formula is C10H11NO3. The molecule has 74 valence electrons. The minimum absolute atomic E-state index is 0.139. The van der Waals surface area contributed by atoms with E-state index in [2.05, 4.69) is 0 Å². The molecule has 0 saturated carbocycles. The first kappa shape index (κ1) is 10.2. The molecule has 1 aromatic rings. The summed E-state index contributed by atoms with van der Waals surface area (Å²) in [6.07, 6.45) is 0.655. The lowest BCUT2D eigenvalue weighted by Crippen LogP contribution is -2.16. The second-order valence-corrected chi connectivity index (χ2v) is 3.06. The molecule has 4 nitrogen and oxygen atoms in total. The Bertz CT molecular complexity index is 372. The number of hydrogen-bond donors (Lipinski definition) is 1. The topological polar surface area (TPSA) is 57.6 Å². The zero-order valence-corrected chi connectivity index (χ0v) is 8.02. The molecule has 0 fully saturated rings. The predicted octanol–water partition coefficient (Wildman–Crippen LogP) is 1.26. The number of aldehydes is 1. The monoisotopic (exact) mass is 193 g/mol. The summed E-state index contributed by atoms with van der Waals surface area (Å²) in [6.45, 7) is 0. The Labute approximate surface area is 81.8 Å². The zero-order valence-electron chi connectivity index (χ0n) is 8.02. The second-order valence-electron chi connectivity index (χ2n) is 3.06. The highest BCUT2D eigenvalue weighted by molar-refractivity contribution is 5.99. The maximum absolute atomic E-state index is 10.9. The number of benzene rings is 1. The molecule has 1 N–H and O–H groups in total. The van der Waals surface area contributed by atoms with Crippen LogP contribution in [0.4, 0.5) is 5.69 Å². The van der Waals surface area contributed by atoms with E-state index in [0.29, 0.717) is 17.5 Å². The molecule has 0 radical (unpaired) electrons. The van der Waals surface area contributed by atoms with Gasteiger partial charge in [-0.05, 0) is 12.1 Å². The number of hydrogen-bond acceptors (Lipinski definition) is 3. The maximum Gasteiger partial charge on any atom is 0.337 e. The number of carbonyl (C=O) groups is 2. The Morgan fingerprint density at radius 3 is 2.50 bits per heavy atom. The van der Waals surface area contributed by atoms with E-state index in [1.807, 2.05) is 0 Å². The van der Waals surface area contributed by atoms with Gasteiger partial charge in [-0.1, -0.05) is 6.07 Å². The van der Waals surface area contributed by atoms with Gasteiger partial charge in [-0.2, -0.15) is 0 Å². The number of carbonyl (C=O) groups excluding carboxylic acids is 1. The van der Waals surface area contributed by atoms with Gasteiger partial charge in [0, 0.05) is 19.7 Å². The molecule has 4 heteroatoms. The average molecular weight is 193 g/mol. The third-order valence-electron chi connectivity index (χ3n) is 1.87. The van der Waals surface area contributed by atoms with Gasteiger partial charge in [0.05, 0.1) is 11.3 Å². The molecule has 0 bridgehead atoms. The summed E-state index contributed by atoms with van der Waals surface area (Å²) < 4.78 is 0. The van der Waals surface area contributed by atoms with Gasteiger partial charge >= 0.3 is 5.97 Å². The lowest BCUT2D eigenvalue weighted by Gasteiger charge is -2.17. The largest absolute Gasteiger partial charge is 0.478 e. The van der Waals surface area contributed by atoms with E-state index in [9.17, 15) is 9.59 Å². The fourth-order valence-electron chi connectivity index (χ4n) is 1.33. The van der Waals surface area contributed by atoms with Crippen molar-refractivity contribution in [3.05, 3.63) is 29.3 Å². The average Bonchev–Trinajstić information content (AvgIpc) is 2.16. The van der Waals surface area contributed by atoms with Crippen molar-refractivity contribution >= 4 is 17.9 Å². The highest BCUT2D eigenvalue weighted by Crippen LogP contribution is 2.22. The van der Waals surface area contributed by atoms with Crippen LogP contribution in [0.3, 0.4) is 0 Å². The number of nitrogens with zero attached hydrogens (tertiary/aromatic N) is 1. The molecule has 1 aromatic carbocycles. The summed E-state index contributed by atoms with van der Waals surface area (Å²) in [5.74, 6) is -1.03. The van der Waals surface area contributed by atoms with E-state index in [1.54, 1.807) is 31.1 Å². The van der Waals surface area contributed by atoms with E-state index in [1.165, 1.54) is 6.07 Å². The van der Waals surface area contributed by atoms with Crippen LogP contribution in [-0.4, -0.2) is 31.5 Å². The van der Waals surface area contributed by atoms with Crippen LogP contribution in [0.15, 0.2) is 18.2 Å². The fourth-order valence-corrected chi connectivity index (χ4v) is 1.33. The van der Waals surface area contributed by atoms with E-state index < -0.39 is 5.97 Å². The fraction of sp³-hybridized carbons (Fsp3) is 0.200. The van der Waals surface area contributed by atoms with Crippen LogP contribution in [0.25, 0.3) is 0 Å². The molecule has 0 atom stereocenters. The van der Waals surface area contributed by atoms with E-state index >= 15 is 0 Å². The van der Waals surface area contributed by atoms with Crippen molar-refractivity contribution in [1.29, 1.82) is 0 Å². The van der Waals surface area contributed by atoms with Crippen LogP contribution in [0.1, 0.15) is 20.7 Å². The van der Waals surface area contributed by atoms with Crippen molar-refractivity contribution in [1.82, 2.24) is 0 Å². The minimum Gasteiger partial charge on any atom is -0.478 e. The molecular weight excluding hydrogens is 182 g/mol. The maximum atomic E-state index is 10.9. The van der Waals surface area contributed by atoms with Crippen LogP contribution in [-0.2, 0) is 0 Å². The van der Waals surface area contributed by atoms with Crippen molar-refractivity contribution in [2.24, 2.45) is 0 Å². The molecule has 0 amide bonds.